The first-order valence-corrected chi connectivity index (χ1v) is 7.38. The molecular weight excluding hydrogens is 300 g/mol. The molecular formula is C16H20N2O5. The van der Waals surface area contributed by atoms with Crippen molar-refractivity contribution in [2.75, 3.05) is 13.2 Å². The minimum Gasteiger partial charge on any atom is -0.506 e. The third-order valence-electron chi connectivity index (χ3n) is 4.49. The molecule has 1 aromatic heterocycles. The van der Waals surface area contributed by atoms with Gasteiger partial charge in [0.2, 0.25) is 0 Å². The highest BCUT2D eigenvalue weighted by Crippen LogP contribution is 2.40. The van der Waals surface area contributed by atoms with Crippen LogP contribution < -0.4 is 4.74 Å². The maximum absolute atomic E-state index is 10.3. The van der Waals surface area contributed by atoms with E-state index in [2.05, 4.69) is 4.98 Å². The molecule has 4 N–H and O–H groups in total. The third kappa shape index (κ3) is 2.28. The number of rotatable bonds is 3. The number of aliphatic hydroxyl groups is 4. The number of hydrogen-bond acceptors (Lipinski definition) is 7. The van der Waals surface area contributed by atoms with E-state index in [0.29, 0.717) is 40.4 Å². The molecule has 124 valence electrons. The number of aromatic nitrogens is 1. The van der Waals surface area contributed by atoms with Gasteiger partial charge in [-0.2, -0.15) is 0 Å². The van der Waals surface area contributed by atoms with Crippen molar-refractivity contribution in [1.82, 2.24) is 9.88 Å². The molecule has 7 nitrogen and oxygen atoms in total. The number of fused-ring (bicyclic) bond motifs is 2. The molecule has 0 bridgehead atoms. The van der Waals surface area contributed by atoms with Crippen molar-refractivity contribution in [2.45, 2.75) is 33.2 Å². The normalized spacial score (nSPS) is 20.4. The second-order valence-electron chi connectivity index (χ2n) is 5.69. The summed E-state index contributed by atoms with van der Waals surface area (Å²) in [6.45, 7) is 3.08. The second-order valence-corrected chi connectivity index (χ2v) is 5.69. The Morgan fingerprint density at radius 2 is 1.96 bits per heavy atom. The van der Waals surface area contributed by atoms with Gasteiger partial charge in [0.15, 0.2) is 6.23 Å². The summed E-state index contributed by atoms with van der Waals surface area (Å²) < 4.78 is 6.04. The average molecular weight is 320 g/mol. The molecule has 7 heteroatoms. The lowest BCUT2D eigenvalue weighted by Gasteiger charge is -2.43. The van der Waals surface area contributed by atoms with Crippen LogP contribution in [0.3, 0.4) is 0 Å². The van der Waals surface area contributed by atoms with Gasteiger partial charge in [0.05, 0.1) is 37.8 Å². The standard InChI is InChI=1S/C16H20N2O5/c1-8-15-11(10(5-19)3-17-8)4-18-9(2)14(22)12(6-20)13(7-21)16(18)23-15/h3,16,19-22H,4-7H2,1-2H3. The van der Waals surface area contributed by atoms with Crippen molar-refractivity contribution in [1.29, 1.82) is 0 Å². The van der Waals surface area contributed by atoms with Crippen molar-refractivity contribution >= 4 is 0 Å². The maximum Gasteiger partial charge on any atom is 0.198 e. The van der Waals surface area contributed by atoms with Crippen LogP contribution in [0.15, 0.2) is 28.8 Å². The van der Waals surface area contributed by atoms with Gasteiger partial charge in [0.1, 0.15) is 11.5 Å². The van der Waals surface area contributed by atoms with Crippen molar-refractivity contribution < 1.29 is 25.2 Å². The summed E-state index contributed by atoms with van der Waals surface area (Å²) in [5.41, 5.74) is 3.44. The van der Waals surface area contributed by atoms with Gasteiger partial charge in [-0.3, -0.25) is 4.98 Å². The van der Waals surface area contributed by atoms with Crippen LogP contribution in [-0.4, -0.2) is 49.8 Å². The van der Waals surface area contributed by atoms with Crippen LogP contribution in [0.2, 0.25) is 0 Å². The van der Waals surface area contributed by atoms with Gasteiger partial charge >= 0.3 is 0 Å². The smallest absolute Gasteiger partial charge is 0.198 e. The number of hydrogen-bond donors (Lipinski definition) is 4. The first kappa shape index (κ1) is 15.8. The lowest BCUT2D eigenvalue weighted by atomic mass is 9.96. The molecule has 23 heavy (non-hydrogen) atoms. The highest BCUT2D eigenvalue weighted by molar-refractivity contribution is 5.48. The summed E-state index contributed by atoms with van der Waals surface area (Å²) in [4.78, 5) is 6.04. The fourth-order valence-electron chi connectivity index (χ4n) is 3.13. The molecule has 0 amide bonds. The van der Waals surface area contributed by atoms with Gasteiger partial charge in [-0.05, 0) is 13.8 Å². The van der Waals surface area contributed by atoms with Crippen LogP contribution in [0.25, 0.3) is 0 Å². The molecule has 2 aliphatic rings. The van der Waals surface area contributed by atoms with E-state index in [9.17, 15) is 20.4 Å². The molecule has 1 aromatic rings. The molecule has 1 unspecified atom stereocenters. The molecule has 0 radical (unpaired) electrons. The molecule has 2 aliphatic heterocycles. The number of aryl methyl sites for hydroxylation is 1. The minimum atomic E-state index is -0.611. The first-order valence-electron chi connectivity index (χ1n) is 7.38. The minimum absolute atomic E-state index is 0.0452. The zero-order valence-corrected chi connectivity index (χ0v) is 13.1. The third-order valence-corrected chi connectivity index (χ3v) is 4.49. The quantitative estimate of drug-likeness (QED) is 0.642. The largest absolute Gasteiger partial charge is 0.506 e. The zero-order valence-electron chi connectivity index (χ0n) is 13.1. The summed E-state index contributed by atoms with van der Waals surface area (Å²) in [5, 5.41) is 39.0. The topological polar surface area (TPSA) is 106 Å². The Labute approximate surface area is 133 Å². The van der Waals surface area contributed by atoms with E-state index < -0.39 is 6.23 Å². The van der Waals surface area contributed by atoms with Crippen LogP contribution in [-0.2, 0) is 13.2 Å². The Bertz CT molecular complexity index is 711. The van der Waals surface area contributed by atoms with Crippen LogP contribution >= 0.6 is 0 Å². The van der Waals surface area contributed by atoms with Gasteiger partial charge < -0.3 is 30.1 Å². The number of allylic oxidation sites excluding steroid dienone is 1. The van der Waals surface area contributed by atoms with E-state index in [4.69, 9.17) is 4.74 Å². The molecule has 0 fully saturated rings. The van der Waals surface area contributed by atoms with Gasteiger partial charge in [0, 0.05) is 28.5 Å². The molecule has 3 heterocycles. The molecule has 0 saturated heterocycles. The fourth-order valence-corrected chi connectivity index (χ4v) is 3.13. The molecule has 3 rings (SSSR count). The number of pyridine rings is 1. The van der Waals surface area contributed by atoms with Gasteiger partial charge in [-0.1, -0.05) is 0 Å². The molecule has 0 spiro atoms. The van der Waals surface area contributed by atoms with Crippen LogP contribution in [0.5, 0.6) is 5.75 Å². The summed E-state index contributed by atoms with van der Waals surface area (Å²) in [5.74, 6) is 0.534. The number of aliphatic hydroxyl groups excluding tert-OH is 4. The van der Waals surface area contributed by atoms with Crippen molar-refractivity contribution in [3.63, 3.8) is 0 Å². The monoisotopic (exact) mass is 320 g/mol. The molecule has 0 aliphatic carbocycles. The number of ether oxygens (including phenoxy) is 1. The van der Waals surface area contributed by atoms with Gasteiger partial charge in [-0.15, -0.1) is 0 Å². The van der Waals surface area contributed by atoms with E-state index in [1.54, 1.807) is 18.0 Å². The van der Waals surface area contributed by atoms with Crippen molar-refractivity contribution in [3.8, 4) is 5.75 Å². The second kappa shape index (κ2) is 5.84. The van der Waals surface area contributed by atoms with Crippen LogP contribution in [0, 0.1) is 6.92 Å². The van der Waals surface area contributed by atoms with Gasteiger partial charge in [0.25, 0.3) is 0 Å². The van der Waals surface area contributed by atoms with Crippen molar-refractivity contribution in [2.24, 2.45) is 0 Å². The van der Waals surface area contributed by atoms with E-state index in [-0.39, 0.29) is 25.6 Å². The van der Waals surface area contributed by atoms with E-state index in [1.807, 2.05) is 6.92 Å². The molecule has 0 saturated carbocycles. The lowest BCUT2D eigenvalue weighted by molar-refractivity contribution is 0.0321. The Balaban J connectivity index is 2.15. The fraction of sp³-hybridized carbons (Fsp3) is 0.438. The lowest BCUT2D eigenvalue weighted by Crippen LogP contribution is -2.47. The summed E-state index contributed by atoms with van der Waals surface area (Å²) >= 11 is 0. The van der Waals surface area contributed by atoms with Crippen molar-refractivity contribution in [3.05, 3.63) is 45.6 Å². The van der Waals surface area contributed by atoms with E-state index in [0.717, 1.165) is 5.56 Å². The summed E-state index contributed by atoms with van der Waals surface area (Å²) in [6, 6.07) is 0. The molecule has 1 atom stereocenters. The zero-order chi connectivity index (χ0) is 16.7. The van der Waals surface area contributed by atoms with E-state index >= 15 is 0 Å². The van der Waals surface area contributed by atoms with E-state index in [1.165, 1.54) is 0 Å². The van der Waals surface area contributed by atoms with Crippen LogP contribution in [0.1, 0.15) is 23.7 Å². The highest BCUT2D eigenvalue weighted by atomic mass is 16.5. The Morgan fingerprint density at radius 1 is 1.22 bits per heavy atom. The first-order chi connectivity index (χ1) is 11.0. The van der Waals surface area contributed by atoms with Gasteiger partial charge in [-0.25, -0.2) is 0 Å². The summed E-state index contributed by atoms with van der Waals surface area (Å²) in [7, 11) is 0. The highest BCUT2D eigenvalue weighted by Gasteiger charge is 2.39. The Morgan fingerprint density at radius 3 is 2.57 bits per heavy atom. The Hall–Kier alpha value is -2.09. The maximum atomic E-state index is 10.3. The predicted octanol–water partition coefficient (Wildman–Crippen LogP) is 0.487. The Kier molecular flexibility index (Phi) is 4.01. The SMILES string of the molecule is CC1=C(O)C(CO)=C(CO)C2Oc3c(C)ncc(CO)c3CN12. The predicted molar refractivity (Wildman–Crippen MR) is 81.4 cm³/mol. The average Bonchev–Trinajstić information content (AvgIpc) is 2.57. The number of nitrogens with zero attached hydrogens (tertiary/aromatic N) is 2. The summed E-state index contributed by atoms with van der Waals surface area (Å²) in [6.07, 6.45) is 1.00. The van der Waals surface area contributed by atoms with Crippen LogP contribution in [0.4, 0.5) is 0 Å². The molecule has 0 aromatic carbocycles.